The number of rotatable bonds is 4. The second-order valence-corrected chi connectivity index (χ2v) is 10.5. The van der Waals surface area contributed by atoms with E-state index in [1.165, 1.54) is 12.8 Å². The van der Waals surface area contributed by atoms with Crippen molar-refractivity contribution in [1.29, 1.82) is 0 Å². The van der Waals surface area contributed by atoms with E-state index in [1.807, 2.05) is 0 Å². The van der Waals surface area contributed by atoms with Crippen LogP contribution in [0.2, 0.25) is 0 Å². The van der Waals surface area contributed by atoms with E-state index in [0.29, 0.717) is 5.92 Å². The van der Waals surface area contributed by atoms with E-state index < -0.39 is 25.3 Å². The molecule has 26 heavy (non-hydrogen) atoms. The summed E-state index contributed by atoms with van der Waals surface area (Å²) in [4.78, 5) is 0. The maximum Gasteiger partial charge on any atom is 0.518 e. The third kappa shape index (κ3) is 5.05. The molecule has 152 valence electrons. The van der Waals surface area contributed by atoms with E-state index in [2.05, 4.69) is 27.0 Å². The zero-order chi connectivity index (χ0) is 19.4. The molecule has 2 saturated carbocycles. The summed E-state index contributed by atoms with van der Waals surface area (Å²) >= 11 is 2.05. The van der Waals surface area contributed by atoms with Gasteiger partial charge in [-0.05, 0) is 37.0 Å². The monoisotopic (exact) mass is 508 g/mol. The molecule has 2 aliphatic rings. The van der Waals surface area contributed by atoms with E-state index in [0.717, 1.165) is 64.2 Å². The molecule has 0 spiro atoms. The van der Waals surface area contributed by atoms with Crippen molar-refractivity contribution in [1.82, 2.24) is 0 Å². The van der Waals surface area contributed by atoms with Crippen LogP contribution < -0.4 is 5.73 Å². The number of amidine groups is 1. The molecule has 4 nitrogen and oxygen atoms in total. The third-order valence-corrected chi connectivity index (χ3v) is 8.90. The Morgan fingerprint density at radius 1 is 1.00 bits per heavy atom. The van der Waals surface area contributed by atoms with Crippen molar-refractivity contribution in [3.8, 4) is 0 Å². The maximum atomic E-state index is 12.7. The number of halogens is 4. The lowest BCUT2D eigenvalue weighted by atomic mass is 9.65. The minimum absolute atomic E-state index is 0.254. The normalized spacial score (nSPS) is 25.3. The first-order chi connectivity index (χ1) is 12.1. The van der Waals surface area contributed by atoms with Gasteiger partial charge in [-0.1, -0.05) is 74.0 Å². The first-order valence-corrected chi connectivity index (χ1v) is 12.1. The summed E-state index contributed by atoms with van der Waals surface area (Å²) in [6.07, 6.45) is 12.7. The topological polar surface area (TPSA) is 72.5 Å². The van der Waals surface area contributed by atoms with Gasteiger partial charge in [0.25, 0.3) is 0 Å². The van der Waals surface area contributed by atoms with Crippen LogP contribution in [0.25, 0.3) is 0 Å². The van der Waals surface area contributed by atoms with Gasteiger partial charge in [0.15, 0.2) is 0 Å². The Hall–Kier alpha value is -0.0600. The number of hydrogen-bond acceptors (Lipinski definition) is 2. The first kappa shape index (κ1) is 22.2. The van der Waals surface area contributed by atoms with Crippen molar-refractivity contribution < 1.29 is 21.6 Å². The van der Waals surface area contributed by atoms with Crippen molar-refractivity contribution in [3.05, 3.63) is 0 Å². The van der Waals surface area contributed by atoms with E-state index >= 15 is 0 Å². The van der Waals surface area contributed by atoms with Crippen molar-refractivity contribution in [2.24, 2.45) is 21.5 Å². The quantitative estimate of drug-likeness (QED) is 0.184. The minimum atomic E-state index is -5.60. The Bertz CT molecular complexity index is 592. The number of sulfonamides is 1. The van der Waals surface area contributed by atoms with Crippen LogP contribution in [-0.4, -0.2) is 23.7 Å². The fraction of sp³-hybridized carbons (Fsp3) is 0.941. The van der Waals surface area contributed by atoms with Gasteiger partial charge in [0.1, 0.15) is 5.84 Å². The van der Waals surface area contributed by atoms with Crippen LogP contribution in [0.5, 0.6) is 0 Å². The van der Waals surface area contributed by atoms with Gasteiger partial charge in [-0.25, -0.2) is 0 Å². The number of nitrogens with two attached hydrogens (primary N) is 1. The van der Waals surface area contributed by atoms with Gasteiger partial charge in [0.2, 0.25) is 0 Å². The molecule has 0 saturated heterocycles. The highest BCUT2D eigenvalue weighted by molar-refractivity contribution is 14.1. The molecular weight excluding hydrogens is 480 g/mol. The molecule has 2 fully saturated rings. The number of nitrogens with zero attached hydrogens (tertiary/aromatic N) is 1. The van der Waals surface area contributed by atoms with Crippen LogP contribution in [0.15, 0.2) is 4.40 Å². The molecule has 0 bridgehead atoms. The molecule has 2 rings (SSSR count). The lowest BCUT2D eigenvalue weighted by Crippen LogP contribution is -2.46. The Morgan fingerprint density at radius 3 is 1.92 bits per heavy atom. The molecular formula is C17H28F3IN2O2S. The van der Waals surface area contributed by atoms with E-state index in [4.69, 9.17) is 5.73 Å². The standard InChI is InChI=1S/C17H28F3IN2O2S/c18-17(19,20)26(24,25)23-15(22)14(21)16(11-7-3-4-8-12-16)13-9-5-1-2-6-10-13/h13-14H,1-12H2,(H2,22,23). The summed E-state index contributed by atoms with van der Waals surface area (Å²) in [6, 6.07) is 0. The Labute approximate surface area is 167 Å². The molecule has 0 heterocycles. The fourth-order valence-electron chi connectivity index (χ4n) is 4.64. The first-order valence-electron chi connectivity index (χ1n) is 9.41. The largest absolute Gasteiger partial charge is 0.518 e. The van der Waals surface area contributed by atoms with Gasteiger partial charge < -0.3 is 5.73 Å². The van der Waals surface area contributed by atoms with E-state index in [1.54, 1.807) is 0 Å². The highest BCUT2D eigenvalue weighted by atomic mass is 127. The highest BCUT2D eigenvalue weighted by Crippen LogP contribution is 2.51. The van der Waals surface area contributed by atoms with E-state index in [9.17, 15) is 21.6 Å². The van der Waals surface area contributed by atoms with Crippen LogP contribution in [0.4, 0.5) is 13.2 Å². The van der Waals surface area contributed by atoms with Gasteiger partial charge in [-0.15, -0.1) is 4.40 Å². The molecule has 0 aliphatic heterocycles. The summed E-state index contributed by atoms with van der Waals surface area (Å²) in [6.45, 7) is 0. The predicted octanol–water partition coefficient (Wildman–Crippen LogP) is 5.31. The highest BCUT2D eigenvalue weighted by Gasteiger charge is 2.49. The van der Waals surface area contributed by atoms with Gasteiger partial charge in [0.05, 0.1) is 3.92 Å². The van der Waals surface area contributed by atoms with E-state index in [-0.39, 0.29) is 5.41 Å². The molecule has 9 heteroatoms. The molecule has 0 aromatic heterocycles. The average Bonchev–Trinajstić information content (AvgIpc) is 2.96. The van der Waals surface area contributed by atoms with Gasteiger partial charge >= 0.3 is 15.5 Å². The Balaban J connectivity index is 2.37. The van der Waals surface area contributed by atoms with Crippen molar-refractivity contribution in [2.45, 2.75) is 86.5 Å². The maximum absolute atomic E-state index is 12.7. The molecule has 1 atom stereocenters. The van der Waals surface area contributed by atoms with Gasteiger partial charge in [0, 0.05) is 0 Å². The Kier molecular flexibility index (Phi) is 7.66. The third-order valence-electron chi connectivity index (χ3n) is 5.99. The van der Waals surface area contributed by atoms with Crippen LogP contribution in [-0.2, 0) is 10.0 Å². The number of hydrogen-bond donors (Lipinski definition) is 1. The second kappa shape index (κ2) is 8.96. The van der Waals surface area contributed by atoms with Crippen molar-refractivity contribution in [2.75, 3.05) is 0 Å². The molecule has 2 N–H and O–H groups in total. The number of alkyl halides is 4. The minimum Gasteiger partial charge on any atom is -0.386 e. The summed E-state index contributed by atoms with van der Waals surface area (Å²) in [5, 5.41) is 0. The zero-order valence-corrected chi connectivity index (χ0v) is 17.9. The van der Waals surface area contributed by atoms with Crippen LogP contribution >= 0.6 is 22.6 Å². The Morgan fingerprint density at radius 2 is 1.46 bits per heavy atom. The van der Waals surface area contributed by atoms with Crippen LogP contribution in [0.1, 0.15) is 77.0 Å². The van der Waals surface area contributed by atoms with Gasteiger partial charge in [-0.3, -0.25) is 0 Å². The van der Waals surface area contributed by atoms with Crippen molar-refractivity contribution >= 4 is 38.4 Å². The SMILES string of the molecule is NC(=NS(=O)(=O)C(F)(F)F)C(I)C1(C2CCCCCC2)CCCCCC1. The summed E-state index contributed by atoms with van der Waals surface area (Å²) < 4.78 is 63.5. The summed E-state index contributed by atoms with van der Waals surface area (Å²) in [7, 11) is -5.60. The smallest absolute Gasteiger partial charge is 0.386 e. The molecule has 1 unspecified atom stereocenters. The molecule has 0 radical (unpaired) electrons. The summed E-state index contributed by atoms with van der Waals surface area (Å²) in [5.74, 6) is -0.0265. The van der Waals surface area contributed by atoms with Gasteiger partial charge in [-0.2, -0.15) is 21.6 Å². The van der Waals surface area contributed by atoms with Crippen LogP contribution in [0.3, 0.4) is 0 Å². The molecule has 0 aromatic rings. The van der Waals surface area contributed by atoms with Crippen molar-refractivity contribution in [3.63, 3.8) is 0 Å². The summed E-state index contributed by atoms with van der Waals surface area (Å²) in [5.41, 5.74) is 0.212. The molecule has 0 aromatic carbocycles. The zero-order valence-electron chi connectivity index (χ0n) is 14.9. The predicted molar refractivity (Wildman–Crippen MR) is 106 cm³/mol. The second-order valence-electron chi connectivity index (χ2n) is 7.64. The lowest BCUT2D eigenvalue weighted by molar-refractivity contribution is -0.0435. The average molecular weight is 508 g/mol. The molecule has 0 amide bonds. The van der Waals surface area contributed by atoms with Crippen LogP contribution in [0, 0.1) is 11.3 Å². The lowest BCUT2D eigenvalue weighted by Gasteiger charge is -2.44. The fourth-order valence-corrected chi connectivity index (χ4v) is 6.59. The molecule has 2 aliphatic carbocycles.